The zero-order chi connectivity index (χ0) is 12.5. The van der Waals surface area contributed by atoms with Gasteiger partial charge in [0.1, 0.15) is 0 Å². The molecule has 0 amide bonds. The topological polar surface area (TPSA) is 21.3 Å². The van der Waals surface area contributed by atoms with Gasteiger partial charge in [0.05, 0.1) is 12.7 Å². The van der Waals surface area contributed by atoms with Crippen LogP contribution in [0.4, 0.5) is 0 Å². The third-order valence-corrected chi connectivity index (χ3v) is 3.55. The first kappa shape index (κ1) is 14.7. The Morgan fingerprint density at radius 2 is 2.12 bits per heavy atom. The van der Waals surface area contributed by atoms with Gasteiger partial charge in [-0.3, -0.25) is 0 Å². The average Bonchev–Trinajstić information content (AvgIpc) is 2.75. The first-order valence-corrected chi connectivity index (χ1v) is 7.41. The Morgan fingerprint density at radius 1 is 1.29 bits per heavy atom. The van der Waals surface area contributed by atoms with Gasteiger partial charge in [0, 0.05) is 18.0 Å². The Hall–Kier alpha value is -0.380. The fraction of sp³-hybridized carbons (Fsp3) is 0.714. The number of ether oxygens (including phenoxy) is 1. The maximum atomic E-state index is 5.73. The highest BCUT2D eigenvalue weighted by molar-refractivity contribution is 7.09. The van der Waals surface area contributed by atoms with E-state index >= 15 is 0 Å². The van der Waals surface area contributed by atoms with E-state index in [-0.39, 0.29) is 0 Å². The van der Waals surface area contributed by atoms with Crippen molar-refractivity contribution in [3.05, 3.63) is 22.4 Å². The number of thiophene rings is 1. The molecule has 2 nitrogen and oxygen atoms in total. The molecule has 0 aliphatic carbocycles. The van der Waals surface area contributed by atoms with E-state index < -0.39 is 0 Å². The maximum absolute atomic E-state index is 5.73. The molecule has 1 unspecified atom stereocenters. The number of hydrogen-bond donors (Lipinski definition) is 1. The first-order chi connectivity index (χ1) is 8.18. The lowest BCUT2D eigenvalue weighted by Gasteiger charge is -2.15. The molecule has 0 aliphatic heterocycles. The molecular formula is C14H25NOS. The predicted molar refractivity (Wildman–Crippen MR) is 75.8 cm³/mol. The van der Waals surface area contributed by atoms with Crippen LogP contribution in [-0.4, -0.2) is 25.8 Å². The molecule has 0 radical (unpaired) electrons. The van der Waals surface area contributed by atoms with Gasteiger partial charge in [0.25, 0.3) is 0 Å². The van der Waals surface area contributed by atoms with E-state index in [1.807, 2.05) is 11.3 Å². The van der Waals surface area contributed by atoms with Gasteiger partial charge in [-0.05, 0) is 37.1 Å². The van der Waals surface area contributed by atoms with Crippen LogP contribution in [0.15, 0.2) is 17.5 Å². The Kier molecular flexibility index (Phi) is 7.49. The van der Waals surface area contributed by atoms with Crippen LogP contribution in [0.2, 0.25) is 0 Å². The smallest absolute Gasteiger partial charge is 0.0594 e. The van der Waals surface area contributed by atoms with Crippen molar-refractivity contribution < 1.29 is 4.74 Å². The fourth-order valence-corrected chi connectivity index (χ4v) is 2.56. The summed E-state index contributed by atoms with van der Waals surface area (Å²) in [7, 11) is 0. The molecule has 1 aromatic heterocycles. The third-order valence-electron chi connectivity index (χ3n) is 2.61. The molecule has 3 heteroatoms. The summed E-state index contributed by atoms with van der Waals surface area (Å²) in [6.07, 6.45) is 2.66. The zero-order valence-electron chi connectivity index (χ0n) is 11.2. The summed E-state index contributed by atoms with van der Waals surface area (Å²) >= 11 is 1.83. The number of hydrogen-bond acceptors (Lipinski definition) is 3. The molecular weight excluding hydrogens is 230 g/mol. The molecule has 1 aromatic rings. The SMILES string of the molecule is CC(C)CC(C)OCCNCCc1cccs1. The molecule has 0 fully saturated rings. The second kappa shape index (κ2) is 8.67. The first-order valence-electron chi connectivity index (χ1n) is 6.53. The highest BCUT2D eigenvalue weighted by Crippen LogP contribution is 2.08. The highest BCUT2D eigenvalue weighted by atomic mass is 32.1. The van der Waals surface area contributed by atoms with Crippen LogP contribution in [0.3, 0.4) is 0 Å². The van der Waals surface area contributed by atoms with E-state index in [0.29, 0.717) is 6.10 Å². The summed E-state index contributed by atoms with van der Waals surface area (Å²) < 4.78 is 5.73. The van der Waals surface area contributed by atoms with E-state index in [1.54, 1.807) is 0 Å². The fourth-order valence-electron chi connectivity index (χ4n) is 1.86. The van der Waals surface area contributed by atoms with Crippen LogP contribution < -0.4 is 5.32 Å². The van der Waals surface area contributed by atoms with Gasteiger partial charge >= 0.3 is 0 Å². The van der Waals surface area contributed by atoms with Gasteiger partial charge in [-0.15, -0.1) is 11.3 Å². The zero-order valence-corrected chi connectivity index (χ0v) is 12.1. The molecule has 0 saturated carbocycles. The standard InChI is InChI=1S/C14H25NOS/c1-12(2)11-13(3)16-9-8-15-7-6-14-5-4-10-17-14/h4-5,10,12-13,15H,6-9,11H2,1-3H3. The summed E-state index contributed by atoms with van der Waals surface area (Å²) in [6, 6.07) is 4.30. The molecule has 98 valence electrons. The largest absolute Gasteiger partial charge is 0.377 e. The van der Waals surface area contributed by atoms with Crippen LogP contribution in [0.25, 0.3) is 0 Å². The molecule has 0 aromatic carbocycles. The average molecular weight is 255 g/mol. The van der Waals surface area contributed by atoms with Crippen LogP contribution in [0.5, 0.6) is 0 Å². The predicted octanol–water partition coefficient (Wildman–Crippen LogP) is 3.33. The van der Waals surface area contributed by atoms with Crippen molar-refractivity contribution in [1.82, 2.24) is 5.32 Å². The van der Waals surface area contributed by atoms with Crippen LogP contribution in [0.1, 0.15) is 32.1 Å². The minimum Gasteiger partial charge on any atom is -0.377 e. The van der Waals surface area contributed by atoms with Gasteiger partial charge in [-0.25, -0.2) is 0 Å². The molecule has 0 aliphatic rings. The van der Waals surface area contributed by atoms with E-state index in [9.17, 15) is 0 Å². The lowest BCUT2D eigenvalue weighted by Crippen LogP contribution is -2.24. The summed E-state index contributed by atoms with van der Waals surface area (Å²) in [4.78, 5) is 1.45. The van der Waals surface area contributed by atoms with E-state index in [4.69, 9.17) is 4.74 Å². The van der Waals surface area contributed by atoms with E-state index in [2.05, 4.69) is 43.6 Å². The molecule has 1 heterocycles. The Labute approximate surface area is 109 Å². The summed E-state index contributed by atoms with van der Waals surface area (Å²) in [5.74, 6) is 0.719. The van der Waals surface area contributed by atoms with Gasteiger partial charge in [-0.1, -0.05) is 19.9 Å². The minimum absolute atomic E-state index is 0.383. The minimum atomic E-state index is 0.383. The Bertz CT molecular complexity index is 272. The molecule has 17 heavy (non-hydrogen) atoms. The second-order valence-electron chi connectivity index (χ2n) is 4.89. The lowest BCUT2D eigenvalue weighted by atomic mass is 10.1. The Balaban J connectivity index is 1.90. The normalized spacial score (nSPS) is 13.2. The van der Waals surface area contributed by atoms with Crippen molar-refractivity contribution in [1.29, 1.82) is 0 Å². The Morgan fingerprint density at radius 3 is 2.76 bits per heavy atom. The van der Waals surface area contributed by atoms with Crippen LogP contribution >= 0.6 is 11.3 Å². The van der Waals surface area contributed by atoms with Crippen molar-refractivity contribution in [3.8, 4) is 0 Å². The van der Waals surface area contributed by atoms with Crippen molar-refractivity contribution in [3.63, 3.8) is 0 Å². The number of nitrogens with one attached hydrogen (secondary N) is 1. The highest BCUT2D eigenvalue weighted by Gasteiger charge is 2.04. The van der Waals surface area contributed by atoms with Gasteiger partial charge < -0.3 is 10.1 Å². The van der Waals surface area contributed by atoms with Crippen molar-refractivity contribution in [2.45, 2.75) is 39.7 Å². The molecule has 0 spiro atoms. The van der Waals surface area contributed by atoms with Crippen molar-refractivity contribution >= 4 is 11.3 Å². The van der Waals surface area contributed by atoms with Crippen molar-refractivity contribution in [2.24, 2.45) is 5.92 Å². The second-order valence-corrected chi connectivity index (χ2v) is 5.92. The van der Waals surface area contributed by atoms with Crippen LogP contribution in [-0.2, 0) is 11.2 Å². The molecule has 1 atom stereocenters. The number of rotatable bonds is 9. The van der Waals surface area contributed by atoms with Gasteiger partial charge in [-0.2, -0.15) is 0 Å². The summed E-state index contributed by atoms with van der Waals surface area (Å²) in [5.41, 5.74) is 0. The summed E-state index contributed by atoms with van der Waals surface area (Å²) in [6.45, 7) is 9.44. The van der Waals surface area contributed by atoms with Crippen LogP contribution in [0, 0.1) is 5.92 Å². The molecule has 0 bridgehead atoms. The van der Waals surface area contributed by atoms with Gasteiger partial charge in [0.2, 0.25) is 0 Å². The summed E-state index contributed by atoms with van der Waals surface area (Å²) in [5, 5.41) is 5.55. The molecule has 1 N–H and O–H groups in total. The monoisotopic (exact) mass is 255 g/mol. The maximum Gasteiger partial charge on any atom is 0.0594 e. The molecule has 0 saturated heterocycles. The van der Waals surface area contributed by atoms with E-state index in [1.165, 1.54) is 4.88 Å². The molecule has 1 rings (SSSR count). The van der Waals surface area contributed by atoms with E-state index in [0.717, 1.165) is 38.5 Å². The third kappa shape index (κ3) is 7.53. The van der Waals surface area contributed by atoms with Crippen molar-refractivity contribution in [2.75, 3.05) is 19.7 Å². The quantitative estimate of drug-likeness (QED) is 0.683. The van der Waals surface area contributed by atoms with Gasteiger partial charge in [0.15, 0.2) is 0 Å². The lowest BCUT2D eigenvalue weighted by molar-refractivity contribution is 0.0540.